The average Bonchev–Trinajstić information content (AvgIpc) is 2.99. The van der Waals surface area contributed by atoms with E-state index in [1.54, 1.807) is 29.2 Å². The van der Waals surface area contributed by atoms with E-state index in [0.29, 0.717) is 43.7 Å². The first-order chi connectivity index (χ1) is 14.0. The van der Waals surface area contributed by atoms with Gasteiger partial charge in [0, 0.05) is 52.2 Å². The van der Waals surface area contributed by atoms with Gasteiger partial charge in [-0.3, -0.25) is 24.2 Å². The van der Waals surface area contributed by atoms with E-state index in [1.165, 1.54) is 12.0 Å². The number of carbonyl (C=O) groups is 4. The summed E-state index contributed by atoms with van der Waals surface area (Å²) in [5.74, 6) is -0.691. The van der Waals surface area contributed by atoms with Crippen molar-refractivity contribution in [2.24, 2.45) is 0 Å². The third-order valence-electron chi connectivity index (χ3n) is 5.22. The van der Waals surface area contributed by atoms with E-state index < -0.39 is 0 Å². The van der Waals surface area contributed by atoms with Crippen molar-refractivity contribution in [2.45, 2.75) is 12.8 Å². The van der Waals surface area contributed by atoms with Crippen LogP contribution in [0.25, 0.3) is 0 Å². The lowest BCUT2D eigenvalue weighted by atomic mass is 10.1. The lowest BCUT2D eigenvalue weighted by Gasteiger charge is -2.33. The maximum atomic E-state index is 12.3. The molecule has 29 heavy (non-hydrogen) atoms. The minimum atomic E-state index is -0.309. The Hall–Kier alpha value is -2.94. The van der Waals surface area contributed by atoms with Crippen LogP contribution >= 0.6 is 0 Å². The van der Waals surface area contributed by atoms with Crippen LogP contribution in [0.15, 0.2) is 24.3 Å². The molecule has 0 spiro atoms. The number of piperazine rings is 1. The monoisotopic (exact) mass is 402 g/mol. The van der Waals surface area contributed by atoms with E-state index in [-0.39, 0.29) is 36.8 Å². The van der Waals surface area contributed by atoms with E-state index in [4.69, 9.17) is 4.74 Å². The molecule has 0 aromatic heterocycles. The summed E-state index contributed by atoms with van der Waals surface area (Å²) in [7, 11) is 1.37. The first-order valence-corrected chi connectivity index (χ1v) is 9.78. The highest BCUT2D eigenvalue weighted by molar-refractivity contribution is 6.21. The summed E-state index contributed by atoms with van der Waals surface area (Å²) in [6.45, 7) is 4.16. The number of amides is 4. The fourth-order valence-corrected chi connectivity index (χ4v) is 3.56. The van der Waals surface area contributed by atoms with Crippen molar-refractivity contribution < 1.29 is 23.9 Å². The van der Waals surface area contributed by atoms with Crippen LogP contribution in [0.1, 0.15) is 33.6 Å². The van der Waals surface area contributed by atoms with Crippen LogP contribution < -0.4 is 5.32 Å². The predicted octanol–water partition coefficient (Wildman–Crippen LogP) is 0.563. The van der Waals surface area contributed by atoms with Crippen LogP contribution in [0.5, 0.6) is 0 Å². The van der Waals surface area contributed by atoms with Crippen molar-refractivity contribution in [2.75, 3.05) is 52.9 Å². The number of hydrogen-bond acceptors (Lipinski definition) is 6. The van der Waals surface area contributed by atoms with Crippen LogP contribution in [0.3, 0.4) is 0 Å². The molecule has 9 nitrogen and oxygen atoms in total. The Kier molecular flexibility index (Phi) is 6.82. The number of ether oxygens (including phenoxy) is 1. The summed E-state index contributed by atoms with van der Waals surface area (Å²) in [6, 6.07) is 6.76. The number of hydrogen-bond donors (Lipinski definition) is 1. The van der Waals surface area contributed by atoms with Gasteiger partial charge < -0.3 is 15.0 Å². The SMILES string of the molecule is COC(=O)N1CCN(CCNC(=O)CCCN2C(=O)c3ccccc3C2=O)CC1. The predicted molar refractivity (Wildman–Crippen MR) is 104 cm³/mol. The van der Waals surface area contributed by atoms with E-state index in [1.807, 2.05) is 0 Å². The van der Waals surface area contributed by atoms with Gasteiger partial charge in [0.1, 0.15) is 0 Å². The number of carbonyl (C=O) groups excluding carboxylic acids is 4. The largest absolute Gasteiger partial charge is 0.453 e. The fraction of sp³-hybridized carbons (Fsp3) is 0.500. The lowest BCUT2D eigenvalue weighted by Crippen LogP contribution is -2.50. The van der Waals surface area contributed by atoms with Crippen LogP contribution in [0.2, 0.25) is 0 Å². The molecule has 156 valence electrons. The maximum Gasteiger partial charge on any atom is 0.409 e. The Morgan fingerprint density at radius 2 is 1.62 bits per heavy atom. The minimum absolute atomic E-state index is 0.102. The summed E-state index contributed by atoms with van der Waals surface area (Å²) in [5.41, 5.74) is 0.850. The van der Waals surface area contributed by atoms with Crippen molar-refractivity contribution in [3.8, 4) is 0 Å². The summed E-state index contributed by atoms with van der Waals surface area (Å²) in [6.07, 6.45) is 0.370. The van der Waals surface area contributed by atoms with Crippen LogP contribution in [0.4, 0.5) is 4.79 Å². The van der Waals surface area contributed by atoms with Gasteiger partial charge in [0.05, 0.1) is 18.2 Å². The van der Waals surface area contributed by atoms with Gasteiger partial charge in [0.15, 0.2) is 0 Å². The van der Waals surface area contributed by atoms with Gasteiger partial charge in [-0.15, -0.1) is 0 Å². The first-order valence-electron chi connectivity index (χ1n) is 9.78. The second kappa shape index (κ2) is 9.51. The van der Waals surface area contributed by atoms with Crippen molar-refractivity contribution in [3.05, 3.63) is 35.4 Å². The van der Waals surface area contributed by atoms with Crippen molar-refractivity contribution in [3.63, 3.8) is 0 Å². The third kappa shape index (κ3) is 4.92. The second-order valence-electron chi connectivity index (χ2n) is 7.06. The number of imide groups is 1. The molecule has 2 aliphatic heterocycles. The van der Waals surface area contributed by atoms with E-state index in [0.717, 1.165) is 13.1 Å². The molecule has 2 heterocycles. The highest BCUT2D eigenvalue weighted by Crippen LogP contribution is 2.22. The molecule has 0 atom stereocenters. The van der Waals surface area contributed by atoms with Crippen molar-refractivity contribution in [1.29, 1.82) is 0 Å². The maximum absolute atomic E-state index is 12.3. The van der Waals surface area contributed by atoms with Gasteiger partial charge in [0.2, 0.25) is 5.91 Å². The number of benzene rings is 1. The van der Waals surface area contributed by atoms with Crippen LogP contribution in [0, 0.1) is 0 Å². The fourth-order valence-electron chi connectivity index (χ4n) is 3.56. The summed E-state index contributed by atoms with van der Waals surface area (Å²) < 4.78 is 4.71. The lowest BCUT2D eigenvalue weighted by molar-refractivity contribution is -0.121. The normalized spacial score (nSPS) is 16.7. The van der Waals surface area contributed by atoms with Crippen LogP contribution in [-0.2, 0) is 9.53 Å². The molecule has 1 aromatic rings. The van der Waals surface area contributed by atoms with Gasteiger partial charge in [-0.05, 0) is 18.6 Å². The molecular formula is C20H26N4O5. The average molecular weight is 402 g/mol. The van der Waals surface area contributed by atoms with E-state index >= 15 is 0 Å². The standard InChI is InChI=1S/C20H26N4O5/c1-29-20(28)23-13-11-22(12-14-23)10-8-21-17(25)7-4-9-24-18(26)15-5-2-3-6-16(15)19(24)27/h2-3,5-6H,4,7-14H2,1H3,(H,21,25). The second-order valence-corrected chi connectivity index (χ2v) is 7.06. The highest BCUT2D eigenvalue weighted by Gasteiger charge is 2.34. The molecule has 1 N–H and O–H groups in total. The molecule has 0 unspecified atom stereocenters. The topological polar surface area (TPSA) is 99.3 Å². The number of nitrogens with one attached hydrogen (secondary N) is 1. The molecule has 1 aromatic carbocycles. The number of rotatable bonds is 7. The first kappa shape index (κ1) is 20.8. The van der Waals surface area contributed by atoms with Gasteiger partial charge in [-0.25, -0.2) is 4.79 Å². The summed E-state index contributed by atoms with van der Waals surface area (Å²) >= 11 is 0. The van der Waals surface area contributed by atoms with Crippen molar-refractivity contribution in [1.82, 2.24) is 20.0 Å². The van der Waals surface area contributed by atoms with Gasteiger partial charge in [0.25, 0.3) is 11.8 Å². The Morgan fingerprint density at radius 1 is 1.00 bits per heavy atom. The molecule has 0 saturated carbocycles. The van der Waals surface area contributed by atoms with Gasteiger partial charge >= 0.3 is 6.09 Å². The molecule has 0 aliphatic carbocycles. The molecule has 1 saturated heterocycles. The zero-order chi connectivity index (χ0) is 20.8. The molecule has 9 heteroatoms. The van der Waals surface area contributed by atoms with Crippen LogP contribution in [-0.4, -0.2) is 91.4 Å². The van der Waals surface area contributed by atoms with E-state index in [9.17, 15) is 19.2 Å². The molecular weight excluding hydrogens is 376 g/mol. The smallest absolute Gasteiger partial charge is 0.409 e. The molecule has 0 radical (unpaired) electrons. The number of nitrogens with zero attached hydrogens (tertiary/aromatic N) is 3. The molecule has 3 rings (SSSR count). The highest BCUT2D eigenvalue weighted by atomic mass is 16.5. The van der Waals surface area contributed by atoms with Gasteiger partial charge in [-0.1, -0.05) is 12.1 Å². The van der Waals surface area contributed by atoms with E-state index in [2.05, 4.69) is 10.2 Å². The zero-order valence-corrected chi connectivity index (χ0v) is 16.6. The Bertz CT molecular complexity index is 754. The third-order valence-corrected chi connectivity index (χ3v) is 5.22. The zero-order valence-electron chi connectivity index (χ0n) is 16.6. The Balaban J connectivity index is 1.31. The number of fused-ring (bicyclic) bond motifs is 1. The quantitative estimate of drug-likeness (QED) is 0.669. The summed E-state index contributed by atoms with van der Waals surface area (Å²) in [4.78, 5) is 53.1. The van der Waals surface area contributed by atoms with Gasteiger partial charge in [-0.2, -0.15) is 0 Å². The Morgan fingerprint density at radius 3 is 2.21 bits per heavy atom. The van der Waals surface area contributed by atoms with Crippen molar-refractivity contribution >= 4 is 23.8 Å². The minimum Gasteiger partial charge on any atom is -0.453 e. The molecule has 2 aliphatic rings. The molecule has 4 amide bonds. The Labute approximate surface area is 169 Å². The number of methoxy groups -OCH3 is 1. The molecule has 0 bridgehead atoms. The summed E-state index contributed by atoms with van der Waals surface area (Å²) in [5, 5.41) is 2.87. The molecule has 1 fully saturated rings.